The number of aryl methyl sites for hydroxylation is 1. The molecule has 0 heterocycles. The van der Waals surface area contributed by atoms with Crippen molar-refractivity contribution in [3.05, 3.63) is 53.1 Å². The molecule has 2 aromatic carbocycles. The van der Waals surface area contributed by atoms with E-state index in [0.717, 1.165) is 11.6 Å². The molecule has 0 saturated heterocycles. The van der Waals surface area contributed by atoms with E-state index in [4.69, 9.17) is 4.74 Å². The van der Waals surface area contributed by atoms with Crippen LogP contribution in [0, 0.1) is 6.92 Å². The number of alkyl halides is 3. The monoisotopic (exact) mass is 378 g/mol. The van der Waals surface area contributed by atoms with Gasteiger partial charge in [-0.3, -0.25) is 0 Å². The Labute approximate surface area is 158 Å². The Morgan fingerprint density at radius 1 is 1.19 bits per heavy atom. The molecule has 6 heteroatoms. The largest absolute Gasteiger partial charge is 0.457 e. The molecule has 0 atom stereocenters. The molecule has 3 nitrogen and oxygen atoms in total. The Hall–Kier alpha value is -2.50. The van der Waals surface area contributed by atoms with Crippen LogP contribution in [0.5, 0.6) is 11.5 Å². The molecule has 0 aromatic heterocycles. The summed E-state index contributed by atoms with van der Waals surface area (Å²) in [5.74, 6) is 0.984. The molecule has 0 bridgehead atoms. The maximum atomic E-state index is 13.5. The number of halogens is 3. The van der Waals surface area contributed by atoms with Gasteiger partial charge in [-0.05, 0) is 55.2 Å². The molecule has 0 saturated carbocycles. The van der Waals surface area contributed by atoms with Gasteiger partial charge < -0.3 is 9.64 Å². The first-order valence-corrected chi connectivity index (χ1v) is 8.86. The van der Waals surface area contributed by atoms with E-state index < -0.39 is 11.7 Å². The second-order valence-electron chi connectivity index (χ2n) is 6.78. The molecule has 0 aliphatic carbocycles. The zero-order valence-electron chi connectivity index (χ0n) is 16.3. The van der Waals surface area contributed by atoms with Crippen molar-refractivity contribution in [2.75, 3.05) is 13.6 Å². The van der Waals surface area contributed by atoms with E-state index in [2.05, 4.69) is 4.99 Å². The molecule has 0 N–H and O–H groups in total. The van der Waals surface area contributed by atoms with Crippen molar-refractivity contribution in [2.45, 2.75) is 39.8 Å². The van der Waals surface area contributed by atoms with Crippen LogP contribution in [0.2, 0.25) is 0 Å². The molecule has 0 amide bonds. The summed E-state index contributed by atoms with van der Waals surface area (Å²) in [6.45, 7) is 8.35. The van der Waals surface area contributed by atoms with Crippen LogP contribution in [0.1, 0.15) is 43.4 Å². The fraction of sp³-hybridized carbons (Fsp3) is 0.381. The zero-order valence-corrected chi connectivity index (χ0v) is 16.3. The lowest BCUT2D eigenvalue weighted by Crippen LogP contribution is -2.14. The molecular weight excluding hydrogens is 353 g/mol. The van der Waals surface area contributed by atoms with Gasteiger partial charge in [0.2, 0.25) is 0 Å². The maximum absolute atomic E-state index is 13.5. The normalized spacial score (nSPS) is 12.0. The highest BCUT2D eigenvalue weighted by Crippen LogP contribution is 2.41. The minimum absolute atomic E-state index is 0.122. The Morgan fingerprint density at radius 3 is 2.48 bits per heavy atom. The average Bonchev–Trinajstić information content (AvgIpc) is 2.60. The molecule has 2 aromatic rings. The van der Waals surface area contributed by atoms with Crippen molar-refractivity contribution in [2.24, 2.45) is 4.99 Å². The summed E-state index contributed by atoms with van der Waals surface area (Å²) in [6.07, 6.45) is -3.13. The fourth-order valence-corrected chi connectivity index (χ4v) is 2.42. The Morgan fingerprint density at radius 2 is 1.89 bits per heavy atom. The van der Waals surface area contributed by atoms with Crippen LogP contribution in [0.15, 0.2) is 41.4 Å². The van der Waals surface area contributed by atoms with Crippen molar-refractivity contribution in [3.63, 3.8) is 0 Å². The highest BCUT2D eigenvalue weighted by atomic mass is 19.4. The number of nitrogens with zero attached hydrogens (tertiary/aromatic N) is 2. The van der Waals surface area contributed by atoms with Crippen LogP contribution >= 0.6 is 0 Å². The molecule has 146 valence electrons. The van der Waals surface area contributed by atoms with Crippen molar-refractivity contribution in [1.29, 1.82) is 0 Å². The number of aliphatic imine (C=N–C) groups is 1. The summed E-state index contributed by atoms with van der Waals surface area (Å²) in [4.78, 5) is 5.72. The zero-order chi connectivity index (χ0) is 20.2. The van der Waals surface area contributed by atoms with Crippen LogP contribution in [0.4, 0.5) is 18.9 Å². The Bertz CT molecular complexity index is 814. The number of hydrogen-bond acceptors (Lipinski definition) is 2. The minimum Gasteiger partial charge on any atom is -0.457 e. The lowest BCUT2D eigenvalue weighted by molar-refractivity contribution is -0.137. The van der Waals surface area contributed by atoms with E-state index >= 15 is 0 Å². The smallest absolute Gasteiger partial charge is 0.418 e. The van der Waals surface area contributed by atoms with Gasteiger partial charge in [-0.25, -0.2) is 4.99 Å². The van der Waals surface area contributed by atoms with Gasteiger partial charge in [-0.2, -0.15) is 13.2 Å². The lowest BCUT2D eigenvalue weighted by Gasteiger charge is -2.16. The number of rotatable bonds is 6. The highest BCUT2D eigenvalue weighted by Gasteiger charge is 2.34. The van der Waals surface area contributed by atoms with E-state index in [-0.39, 0.29) is 11.4 Å². The molecular formula is C21H25F3N2O. The Kier molecular flexibility index (Phi) is 6.52. The maximum Gasteiger partial charge on any atom is 0.418 e. The summed E-state index contributed by atoms with van der Waals surface area (Å²) in [5.41, 5.74) is 0.710. The summed E-state index contributed by atoms with van der Waals surface area (Å²) in [7, 11) is 1.75. The molecule has 0 aliphatic rings. The number of hydrogen-bond donors (Lipinski definition) is 0. The molecule has 2 rings (SSSR count). The highest BCUT2D eigenvalue weighted by molar-refractivity contribution is 5.65. The Balaban J connectivity index is 2.44. The van der Waals surface area contributed by atoms with Gasteiger partial charge >= 0.3 is 6.18 Å². The third-order valence-electron chi connectivity index (χ3n) is 4.24. The van der Waals surface area contributed by atoms with E-state index in [1.807, 2.05) is 39.0 Å². The van der Waals surface area contributed by atoms with Gasteiger partial charge in [0.1, 0.15) is 11.5 Å². The van der Waals surface area contributed by atoms with Crippen molar-refractivity contribution in [3.8, 4) is 11.5 Å². The van der Waals surface area contributed by atoms with Crippen LogP contribution in [-0.2, 0) is 6.18 Å². The number of ether oxygens (including phenoxy) is 1. The first-order chi connectivity index (χ1) is 12.6. The standard InChI is InChI=1S/C21H25F3N2O/c1-6-26(5)13-25-19-10-15(4)20(12-18(19)21(22,23)24)27-17-9-7-8-16(11-17)14(2)3/h7-14H,6H2,1-5H3. The molecule has 0 unspecified atom stereocenters. The van der Waals surface area contributed by atoms with Crippen molar-refractivity contribution < 1.29 is 17.9 Å². The fourth-order valence-electron chi connectivity index (χ4n) is 2.42. The first-order valence-electron chi connectivity index (χ1n) is 8.86. The van der Waals surface area contributed by atoms with Crippen LogP contribution in [0.3, 0.4) is 0 Å². The van der Waals surface area contributed by atoms with Gasteiger partial charge in [-0.1, -0.05) is 26.0 Å². The summed E-state index contributed by atoms with van der Waals surface area (Å²) in [6, 6.07) is 9.82. The van der Waals surface area contributed by atoms with E-state index in [1.54, 1.807) is 24.9 Å². The van der Waals surface area contributed by atoms with E-state index in [0.29, 0.717) is 23.8 Å². The van der Waals surface area contributed by atoms with Gasteiger partial charge in [-0.15, -0.1) is 0 Å². The predicted octanol–water partition coefficient (Wildman–Crippen LogP) is 6.54. The second kappa shape index (κ2) is 8.46. The van der Waals surface area contributed by atoms with Gasteiger partial charge in [0.05, 0.1) is 17.6 Å². The lowest BCUT2D eigenvalue weighted by atomic mass is 10.0. The predicted molar refractivity (Wildman–Crippen MR) is 103 cm³/mol. The van der Waals surface area contributed by atoms with Gasteiger partial charge in [0.25, 0.3) is 0 Å². The minimum atomic E-state index is -4.52. The first kappa shape index (κ1) is 20.8. The number of benzene rings is 2. The second-order valence-corrected chi connectivity index (χ2v) is 6.78. The summed E-state index contributed by atoms with van der Waals surface area (Å²) >= 11 is 0. The quantitative estimate of drug-likeness (QED) is 0.421. The molecule has 0 spiro atoms. The van der Waals surface area contributed by atoms with Gasteiger partial charge in [0, 0.05) is 13.6 Å². The summed E-state index contributed by atoms with van der Waals surface area (Å²) < 4.78 is 46.4. The molecule has 0 aliphatic heterocycles. The third kappa shape index (κ3) is 5.49. The van der Waals surface area contributed by atoms with Crippen molar-refractivity contribution >= 4 is 12.0 Å². The van der Waals surface area contributed by atoms with Crippen LogP contribution in [0.25, 0.3) is 0 Å². The molecule has 0 radical (unpaired) electrons. The molecule has 27 heavy (non-hydrogen) atoms. The van der Waals surface area contributed by atoms with Crippen LogP contribution < -0.4 is 4.74 Å². The third-order valence-corrected chi connectivity index (χ3v) is 4.24. The average molecular weight is 378 g/mol. The van der Waals surface area contributed by atoms with E-state index in [9.17, 15) is 13.2 Å². The SMILES string of the molecule is CCN(C)C=Nc1cc(C)c(Oc2cccc(C(C)C)c2)cc1C(F)(F)F. The van der Waals surface area contributed by atoms with E-state index in [1.165, 1.54) is 12.4 Å². The van der Waals surface area contributed by atoms with Gasteiger partial charge in [0.15, 0.2) is 0 Å². The molecule has 0 fully saturated rings. The van der Waals surface area contributed by atoms with Crippen LogP contribution in [-0.4, -0.2) is 24.8 Å². The topological polar surface area (TPSA) is 24.8 Å². The summed E-state index contributed by atoms with van der Waals surface area (Å²) in [5, 5.41) is 0. The van der Waals surface area contributed by atoms with Crippen molar-refractivity contribution in [1.82, 2.24) is 4.90 Å².